The number of morpholine rings is 1. The second-order valence-electron chi connectivity index (χ2n) is 4.25. The van der Waals surface area contributed by atoms with Crippen molar-refractivity contribution in [3.05, 3.63) is 10.5 Å². The SMILES string of the molecule is CC1=C(S(=O)(=O)N2CCOCC2)CS(=O)(=O)C1. The Labute approximate surface area is 101 Å². The summed E-state index contributed by atoms with van der Waals surface area (Å²) in [4.78, 5) is 0.0550. The smallest absolute Gasteiger partial charge is 0.240 e. The van der Waals surface area contributed by atoms with E-state index in [-0.39, 0.29) is 16.4 Å². The van der Waals surface area contributed by atoms with Crippen LogP contribution in [-0.2, 0) is 24.6 Å². The monoisotopic (exact) mass is 281 g/mol. The lowest BCUT2D eigenvalue weighted by Crippen LogP contribution is -2.41. The average Bonchev–Trinajstić information content (AvgIpc) is 2.54. The molecule has 1 fully saturated rings. The van der Waals surface area contributed by atoms with Crippen LogP contribution in [0.15, 0.2) is 10.5 Å². The van der Waals surface area contributed by atoms with Crippen molar-refractivity contribution in [2.24, 2.45) is 0 Å². The van der Waals surface area contributed by atoms with Crippen molar-refractivity contribution in [1.29, 1.82) is 0 Å². The quantitative estimate of drug-likeness (QED) is 0.672. The molecule has 0 aromatic heterocycles. The minimum Gasteiger partial charge on any atom is -0.379 e. The highest BCUT2D eigenvalue weighted by Gasteiger charge is 2.37. The molecule has 0 aromatic rings. The molecule has 0 radical (unpaired) electrons. The van der Waals surface area contributed by atoms with Gasteiger partial charge in [-0.2, -0.15) is 4.31 Å². The molecule has 1 saturated heterocycles. The maximum absolute atomic E-state index is 12.2. The van der Waals surface area contributed by atoms with Crippen LogP contribution in [0.2, 0.25) is 0 Å². The third-order valence-corrected chi connectivity index (χ3v) is 6.83. The molecule has 0 N–H and O–H groups in total. The van der Waals surface area contributed by atoms with E-state index in [0.29, 0.717) is 31.9 Å². The number of ether oxygens (including phenoxy) is 1. The largest absolute Gasteiger partial charge is 0.379 e. The molecule has 2 aliphatic heterocycles. The van der Waals surface area contributed by atoms with Crippen LogP contribution in [0, 0.1) is 0 Å². The van der Waals surface area contributed by atoms with Crippen LogP contribution in [0.4, 0.5) is 0 Å². The van der Waals surface area contributed by atoms with E-state index in [9.17, 15) is 16.8 Å². The summed E-state index contributed by atoms with van der Waals surface area (Å²) in [5, 5.41) is 0. The first kappa shape index (κ1) is 13.0. The molecule has 0 amide bonds. The van der Waals surface area contributed by atoms with Gasteiger partial charge in [0.05, 0.1) is 29.6 Å². The second kappa shape index (κ2) is 4.34. The molecule has 2 rings (SSSR count). The van der Waals surface area contributed by atoms with Crippen LogP contribution < -0.4 is 0 Å². The van der Waals surface area contributed by atoms with E-state index < -0.39 is 19.9 Å². The number of hydrogen-bond acceptors (Lipinski definition) is 5. The fourth-order valence-corrected chi connectivity index (χ4v) is 6.28. The normalized spacial score (nSPS) is 26.4. The van der Waals surface area contributed by atoms with E-state index in [1.807, 2.05) is 0 Å². The van der Waals surface area contributed by atoms with Gasteiger partial charge in [0.15, 0.2) is 9.84 Å². The maximum Gasteiger partial charge on any atom is 0.240 e. The van der Waals surface area contributed by atoms with Crippen molar-refractivity contribution in [3.8, 4) is 0 Å². The number of rotatable bonds is 2. The molecular weight excluding hydrogens is 266 g/mol. The summed E-state index contributed by atoms with van der Waals surface area (Å²) >= 11 is 0. The Balaban J connectivity index is 2.30. The van der Waals surface area contributed by atoms with Gasteiger partial charge in [0.2, 0.25) is 10.0 Å². The Morgan fingerprint density at radius 2 is 1.76 bits per heavy atom. The van der Waals surface area contributed by atoms with Gasteiger partial charge in [0, 0.05) is 13.1 Å². The topological polar surface area (TPSA) is 80.8 Å². The zero-order chi connectivity index (χ0) is 12.7. The van der Waals surface area contributed by atoms with Crippen LogP contribution >= 0.6 is 0 Å². The van der Waals surface area contributed by atoms with Gasteiger partial charge in [-0.1, -0.05) is 0 Å². The Morgan fingerprint density at radius 1 is 1.18 bits per heavy atom. The lowest BCUT2D eigenvalue weighted by molar-refractivity contribution is 0.0734. The first-order valence-corrected chi connectivity index (χ1v) is 8.56. The third kappa shape index (κ3) is 2.54. The Kier molecular flexibility index (Phi) is 3.32. The van der Waals surface area contributed by atoms with Gasteiger partial charge in [-0.05, 0) is 12.5 Å². The van der Waals surface area contributed by atoms with Gasteiger partial charge in [-0.25, -0.2) is 16.8 Å². The molecule has 17 heavy (non-hydrogen) atoms. The van der Waals surface area contributed by atoms with E-state index in [2.05, 4.69) is 0 Å². The summed E-state index contributed by atoms with van der Waals surface area (Å²) in [5.41, 5.74) is 0.441. The van der Waals surface area contributed by atoms with Crippen LogP contribution in [0.1, 0.15) is 6.92 Å². The number of sulfone groups is 1. The van der Waals surface area contributed by atoms with Crippen molar-refractivity contribution < 1.29 is 21.6 Å². The standard InChI is InChI=1S/C9H15NO5S2/c1-8-6-16(11,12)7-9(8)17(13,14)10-2-4-15-5-3-10/h2-7H2,1H3. The molecular formula is C9H15NO5S2. The predicted molar refractivity (Wildman–Crippen MR) is 62.7 cm³/mol. The fourth-order valence-electron chi connectivity index (χ4n) is 2.02. The molecule has 0 bridgehead atoms. The van der Waals surface area contributed by atoms with Crippen molar-refractivity contribution in [2.45, 2.75) is 6.92 Å². The van der Waals surface area contributed by atoms with Crippen LogP contribution in [-0.4, -0.2) is 58.9 Å². The first-order valence-electron chi connectivity index (χ1n) is 5.30. The summed E-state index contributed by atoms with van der Waals surface area (Å²) < 4.78 is 53.7. The van der Waals surface area contributed by atoms with Gasteiger partial charge < -0.3 is 4.74 Å². The minimum absolute atomic E-state index is 0.0550. The summed E-state index contributed by atoms with van der Waals surface area (Å²) in [7, 11) is -6.91. The Hall–Kier alpha value is -0.440. The van der Waals surface area contributed by atoms with Gasteiger partial charge in [0.25, 0.3) is 0 Å². The molecule has 0 saturated carbocycles. The van der Waals surface area contributed by atoms with Crippen LogP contribution in [0.5, 0.6) is 0 Å². The van der Waals surface area contributed by atoms with Crippen molar-refractivity contribution >= 4 is 19.9 Å². The lowest BCUT2D eigenvalue weighted by atomic mass is 10.3. The molecule has 2 heterocycles. The van der Waals surface area contributed by atoms with Crippen molar-refractivity contribution in [2.75, 3.05) is 37.8 Å². The molecule has 8 heteroatoms. The Bertz CT molecular complexity index is 540. The number of nitrogens with zero attached hydrogens (tertiary/aromatic N) is 1. The van der Waals surface area contributed by atoms with E-state index in [1.54, 1.807) is 6.92 Å². The molecule has 2 aliphatic rings. The number of sulfonamides is 1. The van der Waals surface area contributed by atoms with E-state index in [4.69, 9.17) is 4.74 Å². The summed E-state index contributed by atoms with van der Waals surface area (Å²) in [6.07, 6.45) is 0. The van der Waals surface area contributed by atoms with Crippen molar-refractivity contribution in [3.63, 3.8) is 0 Å². The molecule has 0 atom stereocenters. The lowest BCUT2D eigenvalue weighted by Gasteiger charge is -2.26. The summed E-state index contributed by atoms with van der Waals surface area (Å²) in [5.74, 6) is -0.509. The van der Waals surface area contributed by atoms with Crippen LogP contribution in [0.25, 0.3) is 0 Å². The maximum atomic E-state index is 12.2. The average molecular weight is 281 g/mol. The molecule has 0 unspecified atom stereocenters. The second-order valence-corrected chi connectivity index (χ2v) is 8.28. The van der Waals surface area contributed by atoms with E-state index >= 15 is 0 Å². The molecule has 98 valence electrons. The highest BCUT2D eigenvalue weighted by molar-refractivity contribution is 7.97. The fraction of sp³-hybridized carbons (Fsp3) is 0.778. The molecule has 0 spiro atoms. The van der Waals surface area contributed by atoms with E-state index in [0.717, 1.165) is 0 Å². The molecule has 6 nitrogen and oxygen atoms in total. The van der Waals surface area contributed by atoms with Gasteiger partial charge >= 0.3 is 0 Å². The first-order chi connectivity index (χ1) is 7.83. The molecule has 0 aliphatic carbocycles. The summed E-state index contributed by atoms with van der Waals surface area (Å²) in [6.45, 7) is 2.87. The third-order valence-electron chi connectivity index (χ3n) is 2.88. The highest BCUT2D eigenvalue weighted by Crippen LogP contribution is 2.26. The van der Waals surface area contributed by atoms with Gasteiger partial charge in [-0.3, -0.25) is 0 Å². The Morgan fingerprint density at radius 3 is 2.24 bits per heavy atom. The van der Waals surface area contributed by atoms with Gasteiger partial charge in [0.1, 0.15) is 0 Å². The van der Waals surface area contributed by atoms with E-state index in [1.165, 1.54) is 4.31 Å². The zero-order valence-corrected chi connectivity index (χ0v) is 11.2. The van der Waals surface area contributed by atoms with Crippen molar-refractivity contribution in [1.82, 2.24) is 4.31 Å². The molecule has 0 aromatic carbocycles. The highest BCUT2D eigenvalue weighted by atomic mass is 32.2. The van der Waals surface area contributed by atoms with Crippen LogP contribution in [0.3, 0.4) is 0 Å². The zero-order valence-electron chi connectivity index (χ0n) is 9.55. The predicted octanol–water partition coefficient (Wildman–Crippen LogP) is -0.649. The minimum atomic E-state index is -3.63. The van der Waals surface area contributed by atoms with Gasteiger partial charge in [-0.15, -0.1) is 0 Å². The summed E-state index contributed by atoms with van der Waals surface area (Å²) in [6, 6.07) is 0. The number of hydrogen-bond donors (Lipinski definition) is 0.